The van der Waals surface area contributed by atoms with Gasteiger partial charge in [-0.1, -0.05) is 137 Å². The Bertz CT molecular complexity index is 2640. The molecule has 0 N–H and O–H groups in total. The van der Waals surface area contributed by atoms with E-state index in [-0.39, 0.29) is 10.8 Å². The average Bonchev–Trinajstić information content (AvgIpc) is 3.60. The molecule has 0 bridgehead atoms. The van der Waals surface area contributed by atoms with E-state index in [1.807, 2.05) is 0 Å². The number of para-hydroxylation sites is 4. The summed E-state index contributed by atoms with van der Waals surface area (Å²) >= 11 is 0. The molecule has 0 atom stereocenters. The Hall–Kier alpha value is -6.64. The van der Waals surface area contributed by atoms with Crippen LogP contribution in [-0.2, 0) is 10.8 Å². The molecule has 0 radical (unpaired) electrons. The van der Waals surface area contributed by atoms with E-state index in [0.29, 0.717) is 0 Å². The van der Waals surface area contributed by atoms with E-state index in [1.165, 1.54) is 61.3 Å². The maximum absolute atomic E-state index is 2.54. The van der Waals surface area contributed by atoms with Crippen molar-refractivity contribution in [3.8, 4) is 33.4 Å². The Kier molecular flexibility index (Phi) is 7.87. The van der Waals surface area contributed by atoms with E-state index in [4.69, 9.17) is 0 Å². The van der Waals surface area contributed by atoms with Crippen LogP contribution in [0, 0.1) is 0 Å². The number of anilines is 6. The second-order valence-electron chi connectivity index (χ2n) is 16.2. The van der Waals surface area contributed by atoms with Gasteiger partial charge < -0.3 is 9.80 Å². The molecule has 0 saturated heterocycles. The maximum atomic E-state index is 2.54. The van der Waals surface area contributed by atoms with Gasteiger partial charge in [0.05, 0.1) is 0 Å². The third kappa shape index (κ3) is 5.32. The highest BCUT2D eigenvalue weighted by atomic mass is 15.1. The van der Waals surface area contributed by atoms with E-state index in [0.717, 1.165) is 28.4 Å². The van der Waals surface area contributed by atoms with E-state index in [1.54, 1.807) is 0 Å². The van der Waals surface area contributed by atoms with Crippen LogP contribution in [-0.4, -0.2) is 0 Å². The lowest BCUT2D eigenvalue weighted by atomic mass is 9.79. The van der Waals surface area contributed by atoms with Crippen molar-refractivity contribution in [3.63, 3.8) is 0 Å². The molecule has 56 heavy (non-hydrogen) atoms. The van der Waals surface area contributed by atoms with Crippen LogP contribution in [0.1, 0.15) is 49.9 Å². The summed E-state index contributed by atoms with van der Waals surface area (Å²) < 4.78 is 0. The number of benzene rings is 8. The standard InChI is InChI=1S/C54H44N2/c1-53(2)48-33-42(55(38-22-12-6-13-23-38)39-24-14-7-15-25-39)30-31-44(48)46-35-50-47(36-49(46)53)52-45(37-20-10-5-11-21-37)32-43(34-51(52)54(50,3)4)56(40-26-16-8-17-27-40)41-28-18-9-19-29-41/h5-36H,1-4H3. The molecule has 0 spiro atoms. The van der Waals surface area contributed by atoms with Crippen LogP contribution in [0.4, 0.5) is 34.1 Å². The number of nitrogens with zero attached hydrogens (tertiary/aromatic N) is 2. The number of hydrogen-bond acceptors (Lipinski definition) is 2. The zero-order valence-corrected chi connectivity index (χ0v) is 32.4. The first kappa shape index (κ1) is 33.9. The van der Waals surface area contributed by atoms with Crippen LogP contribution >= 0.6 is 0 Å². The zero-order chi connectivity index (χ0) is 38.0. The van der Waals surface area contributed by atoms with Crippen LogP contribution in [0.2, 0.25) is 0 Å². The SMILES string of the molecule is CC1(C)c2cc(N(c3ccccc3)c3ccccc3)ccc2-c2cc3c(cc21)-c1c(-c2ccccc2)cc(N(c2ccccc2)c2ccccc2)cc1C3(C)C. The van der Waals surface area contributed by atoms with Gasteiger partial charge in [-0.25, -0.2) is 0 Å². The lowest BCUT2D eigenvalue weighted by molar-refractivity contribution is 0.652. The lowest BCUT2D eigenvalue weighted by Gasteiger charge is -2.29. The fourth-order valence-electron chi connectivity index (χ4n) is 9.36. The van der Waals surface area contributed by atoms with Crippen LogP contribution < -0.4 is 9.80 Å². The summed E-state index contributed by atoms with van der Waals surface area (Å²) in [6, 6.07) is 70.9. The minimum atomic E-state index is -0.234. The van der Waals surface area contributed by atoms with Gasteiger partial charge in [-0.3, -0.25) is 0 Å². The Morgan fingerprint density at radius 1 is 0.286 bits per heavy atom. The highest BCUT2D eigenvalue weighted by Crippen LogP contribution is 2.59. The Morgan fingerprint density at radius 2 is 0.679 bits per heavy atom. The van der Waals surface area contributed by atoms with Crippen LogP contribution in [0.25, 0.3) is 33.4 Å². The molecule has 0 saturated carbocycles. The maximum Gasteiger partial charge on any atom is 0.0471 e. The van der Waals surface area contributed by atoms with Gasteiger partial charge in [0.15, 0.2) is 0 Å². The molecule has 8 aromatic rings. The molecule has 0 aliphatic heterocycles. The minimum Gasteiger partial charge on any atom is -0.310 e. The summed E-state index contributed by atoms with van der Waals surface area (Å²) in [6.07, 6.45) is 0. The molecule has 0 heterocycles. The first-order valence-electron chi connectivity index (χ1n) is 19.7. The summed E-state index contributed by atoms with van der Waals surface area (Å²) in [6.45, 7) is 9.64. The predicted molar refractivity (Wildman–Crippen MR) is 236 cm³/mol. The molecule has 0 fully saturated rings. The smallest absolute Gasteiger partial charge is 0.0471 e. The Morgan fingerprint density at radius 3 is 1.20 bits per heavy atom. The van der Waals surface area contributed by atoms with Gasteiger partial charge in [0.25, 0.3) is 0 Å². The number of fused-ring (bicyclic) bond motifs is 6. The second kappa shape index (κ2) is 13.0. The minimum absolute atomic E-state index is 0.202. The van der Waals surface area contributed by atoms with Crippen LogP contribution in [0.15, 0.2) is 194 Å². The molecule has 0 aromatic heterocycles. The fourth-order valence-corrected chi connectivity index (χ4v) is 9.36. The topological polar surface area (TPSA) is 6.48 Å². The lowest BCUT2D eigenvalue weighted by Crippen LogP contribution is -2.18. The predicted octanol–water partition coefficient (Wildman–Crippen LogP) is 14.9. The van der Waals surface area contributed by atoms with Gasteiger partial charge in [0.1, 0.15) is 0 Å². The first-order valence-corrected chi connectivity index (χ1v) is 19.7. The quantitative estimate of drug-likeness (QED) is 0.162. The summed E-state index contributed by atoms with van der Waals surface area (Å²) in [5, 5.41) is 0. The average molecular weight is 721 g/mol. The van der Waals surface area contributed by atoms with Crippen molar-refractivity contribution >= 4 is 34.1 Å². The molecular weight excluding hydrogens is 677 g/mol. The van der Waals surface area contributed by atoms with Gasteiger partial charge in [0, 0.05) is 45.0 Å². The van der Waals surface area contributed by atoms with E-state index < -0.39 is 0 Å². The highest BCUT2D eigenvalue weighted by Gasteiger charge is 2.43. The van der Waals surface area contributed by atoms with Crippen molar-refractivity contribution in [1.29, 1.82) is 0 Å². The van der Waals surface area contributed by atoms with Crippen molar-refractivity contribution in [3.05, 3.63) is 216 Å². The summed E-state index contributed by atoms with van der Waals surface area (Å²) in [4.78, 5) is 4.77. The third-order valence-electron chi connectivity index (χ3n) is 12.2. The Labute approximate surface area is 331 Å². The molecule has 2 heteroatoms. The molecule has 270 valence electrons. The number of hydrogen-bond donors (Lipinski definition) is 0. The molecule has 2 nitrogen and oxygen atoms in total. The summed E-state index contributed by atoms with van der Waals surface area (Å²) in [7, 11) is 0. The monoisotopic (exact) mass is 720 g/mol. The van der Waals surface area contributed by atoms with E-state index in [2.05, 4.69) is 232 Å². The van der Waals surface area contributed by atoms with E-state index in [9.17, 15) is 0 Å². The second-order valence-corrected chi connectivity index (χ2v) is 16.2. The van der Waals surface area contributed by atoms with Crippen molar-refractivity contribution in [2.75, 3.05) is 9.80 Å². The van der Waals surface area contributed by atoms with Crippen molar-refractivity contribution in [2.24, 2.45) is 0 Å². The van der Waals surface area contributed by atoms with Gasteiger partial charge in [-0.2, -0.15) is 0 Å². The fraction of sp³-hybridized carbons (Fsp3) is 0.111. The van der Waals surface area contributed by atoms with Crippen LogP contribution in [0.5, 0.6) is 0 Å². The summed E-state index contributed by atoms with van der Waals surface area (Å²) in [5.41, 5.74) is 19.8. The van der Waals surface area contributed by atoms with Gasteiger partial charge in [-0.15, -0.1) is 0 Å². The molecular formula is C54H44N2. The summed E-state index contributed by atoms with van der Waals surface area (Å²) in [5.74, 6) is 0. The third-order valence-corrected chi connectivity index (χ3v) is 12.2. The highest BCUT2D eigenvalue weighted by molar-refractivity contribution is 5.98. The number of rotatable bonds is 7. The van der Waals surface area contributed by atoms with Gasteiger partial charge >= 0.3 is 0 Å². The van der Waals surface area contributed by atoms with Crippen LogP contribution in [0.3, 0.4) is 0 Å². The molecule has 0 unspecified atom stereocenters. The largest absolute Gasteiger partial charge is 0.310 e. The normalized spacial score (nSPS) is 14.0. The van der Waals surface area contributed by atoms with Gasteiger partial charge in [0.2, 0.25) is 0 Å². The van der Waals surface area contributed by atoms with Gasteiger partial charge in [-0.05, 0) is 141 Å². The molecule has 10 rings (SSSR count). The Balaban J connectivity index is 1.16. The van der Waals surface area contributed by atoms with E-state index >= 15 is 0 Å². The van der Waals surface area contributed by atoms with Crippen molar-refractivity contribution < 1.29 is 0 Å². The molecule has 2 aliphatic carbocycles. The zero-order valence-electron chi connectivity index (χ0n) is 32.4. The first-order chi connectivity index (χ1) is 27.3. The molecule has 0 amide bonds. The molecule has 2 aliphatic rings. The van der Waals surface area contributed by atoms with Crippen molar-refractivity contribution in [2.45, 2.75) is 38.5 Å². The van der Waals surface area contributed by atoms with Crippen molar-refractivity contribution in [1.82, 2.24) is 0 Å². The molecule has 8 aromatic carbocycles.